The van der Waals surface area contributed by atoms with E-state index in [1.165, 1.54) is 6.07 Å². The second-order valence-corrected chi connectivity index (χ2v) is 4.81. The molecule has 21 heavy (non-hydrogen) atoms. The number of nitrogen functional groups attached to an aromatic ring is 1. The number of rotatable bonds is 5. The first-order valence-corrected chi connectivity index (χ1v) is 6.62. The topological polar surface area (TPSA) is 64.3 Å². The molecule has 0 amide bonds. The van der Waals surface area contributed by atoms with Gasteiger partial charge in [0.15, 0.2) is 5.82 Å². The Hall–Kier alpha value is -2.21. The number of hydrogen-bond acceptors (Lipinski definition) is 5. The third kappa shape index (κ3) is 3.46. The van der Waals surface area contributed by atoms with Gasteiger partial charge in [-0.3, -0.25) is 0 Å². The third-order valence-electron chi connectivity index (χ3n) is 3.35. The van der Waals surface area contributed by atoms with Crippen LogP contribution in [0.25, 0.3) is 0 Å². The number of hydrogen-bond donors (Lipinski definition) is 1. The van der Waals surface area contributed by atoms with Crippen LogP contribution in [0.2, 0.25) is 0 Å². The van der Waals surface area contributed by atoms with Crippen molar-refractivity contribution < 1.29 is 9.13 Å². The number of nitrogens with zero attached hydrogens (tertiary/aromatic N) is 3. The molecule has 1 heterocycles. The summed E-state index contributed by atoms with van der Waals surface area (Å²) in [5, 5.41) is 0. The van der Waals surface area contributed by atoms with Crippen molar-refractivity contribution in [3.05, 3.63) is 47.5 Å². The number of anilines is 2. The molecule has 112 valence electrons. The Labute approximate surface area is 123 Å². The van der Waals surface area contributed by atoms with Gasteiger partial charge in [-0.25, -0.2) is 14.4 Å². The van der Waals surface area contributed by atoms with E-state index in [0.29, 0.717) is 23.0 Å². The molecule has 0 fully saturated rings. The zero-order valence-corrected chi connectivity index (χ0v) is 12.4. The quantitative estimate of drug-likeness (QED) is 0.916. The molecule has 0 aliphatic rings. The van der Waals surface area contributed by atoms with Gasteiger partial charge in [-0.05, 0) is 13.0 Å². The van der Waals surface area contributed by atoms with Crippen molar-refractivity contribution in [3.8, 4) is 0 Å². The van der Waals surface area contributed by atoms with Crippen LogP contribution in [0.15, 0.2) is 30.3 Å². The van der Waals surface area contributed by atoms with Crippen LogP contribution in [0.4, 0.5) is 16.0 Å². The average molecular weight is 290 g/mol. The van der Waals surface area contributed by atoms with Crippen molar-refractivity contribution in [2.75, 3.05) is 24.8 Å². The molecule has 2 aromatic rings. The maximum atomic E-state index is 13.9. The van der Waals surface area contributed by atoms with Gasteiger partial charge in [0.2, 0.25) is 0 Å². The first-order valence-electron chi connectivity index (χ1n) is 6.62. The molecule has 6 heteroatoms. The molecule has 0 saturated heterocycles. The molecule has 1 aromatic heterocycles. The van der Waals surface area contributed by atoms with Gasteiger partial charge in [-0.2, -0.15) is 0 Å². The van der Waals surface area contributed by atoms with Crippen LogP contribution in [0.3, 0.4) is 0 Å². The van der Waals surface area contributed by atoms with Crippen molar-refractivity contribution in [2.24, 2.45) is 0 Å². The Morgan fingerprint density at radius 1 is 1.33 bits per heavy atom. The molecular formula is C15H19FN4O. The fourth-order valence-corrected chi connectivity index (χ4v) is 2.10. The molecule has 1 aromatic carbocycles. The number of methoxy groups -OCH3 is 1. The van der Waals surface area contributed by atoms with Gasteiger partial charge in [0.1, 0.15) is 24.1 Å². The predicted octanol–water partition coefficient (Wildman–Crippen LogP) is 2.54. The number of halogens is 1. The summed E-state index contributed by atoms with van der Waals surface area (Å²) in [6.07, 6.45) is 0. The molecule has 0 bridgehead atoms. The predicted molar refractivity (Wildman–Crippen MR) is 80.4 cm³/mol. The van der Waals surface area contributed by atoms with Crippen molar-refractivity contribution in [1.29, 1.82) is 0 Å². The van der Waals surface area contributed by atoms with Gasteiger partial charge in [0.05, 0.1) is 6.04 Å². The highest BCUT2D eigenvalue weighted by Crippen LogP contribution is 2.26. The van der Waals surface area contributed by atoms with Crippen molar-refractivity contribution in [1.82, 2.24) is 9.97 Å². The second kappa shape index (κ2) is 6.49. The van der Waals surface area contributed by atoms with E-state index in [9.17, 15) is 4.39 Å². The fraction of sp³-hybridized carbons (Fsp3) is 0.333. The minimum absolute atomic E-state index is 0.184. The molecule has 0 saturated carbocycles. The Morgan fingerprint density at radius 2 is 2.05 bits per heavy atom. The molecular weight excluding hydrogens is 271 g/mol. The van der Waals surface area contributed by atoms with Gasteiger partial charge < -0.3 is 15.4 Å². The average Bonchev–Trinajstić information content (AvgIpc) is 2.46. The highest BCUT2D eigenvalue weighted by Gasteiger charge is 2.17. The van der Waals surface area contributed by atoms with Crippen molar-refractivity contribution in [3.63, 3.8) is 0 Å². The Morgan fingerprint density at radius 3 is 2.71 bits per heavy atom. The lowest BCUT2D eigenvalue weighted by molar-refractivity contribution is 0.178. The lowest BCUT2D eigenvalue weighted by atomic mass is 10.1. The van der Waals surface area contributed by atoms with E-state index in [1.54, 1.807) is 25.3 Å². The van der Waals surface area contributed by atoms with Crippen LogP contribution in [0.5, 0.6) is 0 Å². The van der Waals surface area contributed by atoms with Crippen LogP contribution in [0, 0.1) is 5.82 Å². The minimum Gasteiger partial charge on any atom is -0.384 e. The molecule has 2 rings (SSSR count). The third-order valence-corrected chi connectivity index (χ3v) is 3.35. The van der Waals surface area contributed by atoms with Crippen LogP contribution < -0.4 is 10.6 Å². The fourth-order valence-electron chi connectivity index (χ4n) is 2.10. The summed E-state index contributed by atoms with van der Waals surface area (Å²) in [5.74, 6) is 1.25. The monoisotopic (exact) mass is 290 g/mol. The standard InChI is InChI=1S/C15H19FN4O/c1-10(11-6-4-5-7-12(11)16)20(2)15-8-13(17)18-14(19-15)9-21-3/h4-8,10H,9H2,1-3H3,(H2,17,18,19). The number of nitrogens with two attached hydrogens (primary N) is 1. The largest absolute Gasteiger partial charge is 0.384 e. The van der Waals surface area contributed by atoms with Gasteiger partial charge >= 0.3 is 0 Å². The summed E-state index contributed by atoms with van der Waals surface area (Å²) in [5.41, 5.74) is 6.39. The van der Waals surface area contributed by atoms with Crippen LogP contribution in [0.1, 0.15) is 24.4 Å². The van der Waals surface area contributed by atoms with E-state index in [1.807, 2.05) is 24.9 Å². The molecule has 1 atom stereocenters. The lowest BCUT2D eigenvalue weighted by Crippen LogP contribution is -2.24. The number of ether oxygens (including phenoxy) is 1. The maximum absolute atomic E-state index is 13.9. The van der Waals surface area contributed by atoms with E-state index in [4.69, 9.17) is 10.5 Å². The Kier molecular flexibility index (Phi) is 4.70. The SMILES string of the molecule is COCc1nc(N)cc(N(C)C(C)c2ccccc2F)n1. The number of aromatic nitrogens is 2. The molecule has 5 nitrogen and oxygen atoms in total. The minimum atomic E-state index is -0.240. The molecule has 1 unspecified atom stereocenters. The Balaban J connectivity index is 2.31. The first-order chi connectivity index (χ1) is 10.0. The molecule has 0 radical (unpaired) electrons. The highest BCUT2D eigenvalue weighted by atomic mass is 19.1. The van der Waals surface area contributed by atoms with Crippen LogP contribution >= 0.6 is 0 Å². The zero-order valence-electron chi connectivity index (χ0n) is 12.4. The summed E-state index contributed by atoms with van der Waals surface area (Å²) in [4.78, 5) is 10.3. The smallest absolute Gasteiger partial charge is 0.158 e. The molecule has 0 aliphatic carbocycles. The van der Waals surface area contributed by atoms with Crippen molar-refractivity contribution >= 4 is 11.6 Å². The second-order valence-electron chi connectivity index (χ2n) is 4.81. The first kappa shape index (κ1) is 15.2. The highest BCUT2D eigenvalue weighted by molar-refractivity contribution is 5.48. The summed E-state index contributed by atoms with van der Waals surface area (Å²) in [6, 6.07) is 8.17. The molecule has 2 N–H and O–H groups in total. The van der Waals surface area contributed by atoms with E-state index in [-0.39, 0.29) is 18.5 Å². The van der Waals surface area contributed by atoms with E-state index in [0.717, 1.165) is 0 Å². The van der Waals surface area contributed by atoms with Gasteiger partial charge in [-0.1, -0.05) is 18.2 Å². The van der Waals surface area contributed by atoms with Crippen molar-refractivity contribution in [2.45, 2.75) is 19.6 Å². The zero-order chi connectivity index (χ0) is 15.4. The Bertz CT molecular complexity index is 620. The van der Waals surface area contributed by atoms with Crippen LogP contribution in [-0.2, 0) is 11.3 Å². The lowest BCUT2D eigenvalue weighted by Gasteiger charge is -2.27. The van der Waals surface area contributed by atoms with E-state index in [2.05, 4.69) is 9.97 Å². The van der Waals surface area contributed by atoms with Gasteiger partial charge in [0, 0.05) is 25.8 Å². The van der Waals surface area contributed by atoms with Gasteiger partial charge in [-0.15, -0.1) is 0 Å². The number of benzene rings is 1. The molecule has 0 spiro atoms. The normalized spacial score (nSPS) is 12.2. The maximum Gasteiger partial charge on any atom is 0.158 e. The summed E-state index contributed by atoms with van der Waals surface area (Å²) >= 11 is 0. The van der Waals surface area contributed by atoms with E-state index >= 15 is 0 Å². The van der Waals surface area contributed by atoms with E-state index < -0.39 is 0 Å². The summed E-state index contributed by atoms with van der Waals surface area (Å²) < 4.78 is 18.9. The summed E-state index contributed by atoms with van der Waals surface area (Å²) in [7, 11) is 3.41. The summed E-state index contributed by atoms with van der Waals surface area (Å²) in [6.45, 7) is 2.19. The molecule has 0 aliphatic heterocycles. The van der Waals surface area contributed by atoms with Gasteiger partial charge in [0.25, 0.3) is 0 Å². The van der Waals surface area contributed by atoms with Crippen LogP contribution in [-0.4, -0.2) is 24.1 Å².